The number of carboxylic acid groups (broad SMARTS) is 1. The summed E-state index contributed by atoms with van der Waals surface area (Å²) in [6.45, 7) is 6.97. The summed E-state index contributed by atoms with van der Waals surface area (Å²) in [4.78, 5) is 71.4. The second-order valence-electron chi connectivity index (χ2n) is 11.1. The highest BCUT2D eigenvalue weighted by atomic mass is 32.2. The van der Waals surface area contributed by atoms with Gasteiger partial charge in [0.2, 0.25) is 0 Å². The SMILES string of the molecule is CON=C(CC(=O)OC(C)(C)C)C(=O)NC1C(=O)N2C(C(=O)O)=C(C[n+]3ccc(-c4c[nH]c(C(=O)NC#N)c4C)cc3)CSC12. The topological polar surface area (TPSA) is 207 Å². The second-order valence-corrected chi connectivity index (χ2v) is 12.2. The van der Waals surface area contributed by atoms with Crippen LogP contribution in [0.5, 0.6) is 0 Å². The van der Waals surface area contributed by atoms with Crippen LogP contribution in [-0.4, -0.2) is 80.2 Å². The average molecular weight is 639 g/mol. The van der Waals surface area contributed by atoms with Gasteiger partial charge in [-0.3, -0.25) is 29.4 Å². The number of nitrogens with one attached hydrogen (secondary N) is 3. The van der Waals surface area contributed by atoms with Gasteiger partial charge < -0.3 is 25.0 Å². The molecule has 2 aromatic heterocycles. The molecule has 2 atom stereocenters. The number of thioether (sulfide) groups is 1. The van der Waals surface area contributed by atoms with E-state index in [2.05, 4.69) is 20.8 Å². The van der Waals surface area contributed by atoms with Crippen molar-refractivity contribution in [2.24, 2.45) is 5.16 Å². The number of carboxylic acids is 1. The van der Waals surface area contributed by atoms with Gasteiger partial charge in [-0.15, -0.1) is 11.8 Å². The van der Waals surface area contributed by atoms with Crippen LogP contribution < -0.4 is 15.2 Å². The van der Waals surface area contributed by atoms with Gasteiger partial charge in [-0.05, 0) is 38.8 Å². The fourth-order valence-electron chi connectivity index (χ4n) is 4.92. The lowest BCUT2D eigenvalue weighted by Gasteiger charge is -2.49. The predicted molar refractivity (Wildman–Crippen MR) is 159 cm³/mol. The molecule has 0 radical (unpaired) electrons. The molecule has 4 heterocycles. The van der Waals surface area contributed by atoms with Gasteiger partial charge in [-0.25, -0.2) is 9.36 Å². The first-order valence-electron chi connectivity index (χ1n) is 13.6. The lowest BCUT2D eigenvalue weighted by atomic mass is 10.0. The Morgan fingerprint density at radius 2 is 1.96 bits per heavy atom. The third-order valence-corrected chi connectivity index (χ3v) is 8.18. The first-order valence-corrected chi connectivity index (χ1v) is 14.7. The van der Waals surface area contributed by atoms with Gasteiger partial charge in [-0.1, -0.05) is 5.16 Å². The van der Waals surface area contributed by atoms with E-state index in [9.17, 15) is 29.1 Å². The number of aliphatic carboxylic acids is 1. The number of rotatable bonds is 10. The van der Waals surface area contributed by atoms with Crippen molar-refractivity contribution in [3.05, 3.63) is 53.3 Å². The minimum absolute atomic E-state index is 0.153. The van der Waals surface area contributed by atoms with E-state index in [1.54, 1.807) is 69.2 Å². The summed E-state index contributed by atoms with van der Waals surface area (Å²) in [5.41, 5.74) is 1.76. The highest BCUT2D eigenvalue weighted by Crippen LogP contribution is 2.40. The molecule has 236 valence electrons. The molecule has 0 aliphatic carbocycles. The molecule has 1 saturated heterocycles. The van der Waals surface area contributed by atoms with E-state index >= 15 is 0 Å². The summed E-state index contributed by atoms with van der Waals surface area (Å²) in [6, 6.07) is 2.58. The molecular formula is C29H32N7O8S+. The maximum absolute atomic E-state index is 13.1. The number of aromatic amines is 1. The number of ether oxygens (including phenoxy) is 1. The van der Waals surface area contributed by atoms with Crippen LogP contribution in [0.3, 0.4) is 0 Å². The molecule has 0 spiro atoms. The zero-order valence-electron chi connectivity index (χ0n) is 25.2. The van der Waals surface area contributed by atoms with E-state index in [1.165, 1.54) is 18.9 Å². The lowest BCUT2D eigenvalue weighted by Crippen LogP contribution is -2.71. The number of nitriles is 1. The summed E-state index contributed by atoms with van der Waals surface area (Å²) in [5.74, 6) is -3.65. The normalized spacial score (nSPS) is 17.9. The number of fused-ring (bicyclic) bond motifs is 1. The Bertz CT molecular complexity index is 1650. The number of carbonyl (C=O) groups is 5. The first-order chi connectivity index (χ1) is 21.2. The van der Waals surface area contributed by atoms with Gasteiger partial charge in [0.1, 0.15) is 35.5 Å². The van der Waals surface area contributed by atoms with Crippen molar-refractivity contribution in [1.29, 1.82) is 5.26 Å². The van der Waals surface area contributed by atoms with E-state index in [0.717, 1.165) is 16.0 Å². The smallest absolute Gasteiger partial charge is 0.352 e. The molecule has 15 nitrogen and oxygen atoms in total. The fourth-order valence-corrected chi connectivity index (χ4v) is 6.25. The van der Waals surface area contributed by atoms with Crippen LogP contribution in [0.2, 0.25) is 0 Å². The van der Waals surface area contributed by atoms with Crippen molar-refractivity contribution >= 4 is 47.1 Å². The number of H-pyrrole nitrogens is 1. The molecule has 0 bridgehead atoms. The quantitative estimate of drug-likeness (QED) is 0.0551. The van der Waals surface area contributed by atoms with Gasteiger partial charge in [0, 0.05) is 35.2 Å². The van der Waals surface area contributed by atoms with Crippen LogP contribution in [0.1, 0.15) is 43.2 Å². The van der Waals surface area contributed by atoms with Crippen molar-refractivity contribution < 1.29 is 43.2 Å². The Labute approximate surface area is 262 Å². The Hall–Kier alpha value is -5.17. The molecule has 3 amide bonds. The predicted octanol–water partition coefficient (Wildman–Crippen LogP) is 0.961. The Kier molecular flexibility index (Phi) is 9.62. The Balaban J connectivity index is 1.46. The number of esters is 1. The van der Waals surface area contributed by atoms with Crippen LogP contribution in [0.25, 0.3) is 11.1 Å². The van der Waals surface area contributed by atoms with Crippen molar-refractivity contribution in [1.82, 2.24) is 20.5 Å². The van der Waals surface area contributed by atoms with Crippen LogP contribution in [0.15, 0.2) is 47.1 Å². The fraction of sp³-hybridized carbons (Fsp3) is 0.379. The third-order valence-electron chi connectivity index (χ3n) is 6.84. The highest BCUT2D eigenvalue weighted by Gasteiger charge is 2.54. The minimum atomic E-state index is -1.27. The minimum Gasteiger partial charge on any atom is -0.477 e. The van der Waals surface area contributed by atoms with E-state index in [1.807, 2.05) is 0 Å². The number of oxime groups is 1. The number of hydrogen-bond donors (Lipinski definition) is 4. The second kappa shape index (κ2) is 13.2. The molecule has 2 unspecified atom stereocenters. The molecule has 4 rings (SSSR count). The maximum atomic E-state index is 13.1. The standard InChI is InChI=1S/C29H31N7O8S/c1-15-18(11-31-21(15)25(39)32-14-30)16-6-8-35(9-7-16)12-17-13-45-27-22(26(40)36(27)23(17)28(41)42)33-24(38)19(34-43-5)10-20(37)44-29(2,3)4/h6-9,11,22,27H,10,12-13H2,1-5H3,(H3,32,33,38,39,41,42)/p+1. The van der Waals surface area contributed by atoms with Crippen molar-refractivity contribution in [3.63, 3.8) is 0 Å². The van der Waals surface area contributed by atoms with E-state index in [4.69, 9.17) is 14.8 Å². The summed E-state index contributed by atoms with van der Waals surface area (Å²) >= 11 is 1.30. The molecule has 0 saturated carbocycles. The third kappa shape index (κ3) is 7.15. The van der Waals surface area contributed by atoms with E-state index < -0.39 is 53.1 Å². The number of nitrogens with zero attached hydrogens (tertiary/aromatic N) is 4. The Morgan fingerprint density at radius 3 is 2.56 bits per heavy atom. The zero-order chi connectivity index (χ0) is 33.1. The molecule has 45 heavy (non-hydrogen) atoms. The summed E-state index contributed by atoms with van der Waals surface area (Å²) in [7, 11) is 1.21. The zero-order valence-corrected chi connectivity index (χ0v) is 26.0. The number of β-lactam (4-membered cyclic amide) rings is 1. The van der Waals surface area contributed by atoms with Crippen molar-refractivity contribution in [3.8, 4) is 17.3 Å². The van der Waals surface area contributed by atoms with Gasteiger partial charge in [-0.2, -0.15) is 5.26 Å². The monoisotopic (exact) mass is 638 g/mol. The molecule has 4 N–H and O–H groups in total. The first kappa shape index (κ1) is 32.7. The number of hydrogen-bond acceptors (Lipinski definition) is 10. The van der Waals surface area contributed by atoms with Crippen molar-refractivity contribution in [2.45, 2.75) is 57.7 Å². The van der Waals surface area contributed by atoms with E-state index in [-0.39, 0.29) is 29.4 Å². The van der Waals surface area contributed by atoms with Gasteiger partial charge >= 0.3 is 11.9 Å². The van der Waals surface area contributed by atoms with Crippen LogP contribution in [0, 0.1) is 18.4 Å². The molecule has 2 aliphatic heterocycles. The molecule has 2 aliphatic rings. The lowest BCUT2D eigenvalue weighted by molar-refractivity contribution is -0.689. The van der Waals surface area contributed by atoms with E-state index in [0.29, 0.717) is 11.1 Å². The number of aromatic nitrogens is 2. The number of amides is 3. The largest absolute Gasteiger partial charge is 0.477 e. The van der Waals surface area contributed by atoms with Crippen LogP contribution in [-0.2, 0) is 35.3 Å². The average Bonchev–Trinajstić information content (AvgIpc) is 3.35. The molecule has 1 fully saturated rings. The molecule has 2 aromatic rings. The molecular weight excluding hydrogens is 606 g/mol. The number of carbonyl (C=O) groups excluding carboxylic acids is 4. The summed E-state index contributed by atoms with van der Waals surface area (Å²) in [6.07, 6.45) is 6.29. The maximum Gasteiger partial charge on any atom is 0.352 e. The highest BCUT2D eigenvalue weighted by molar-refractivity contribution is 8.00. The van der Waals surface area contributed by atoms with Gasteiger partial charge in [0.15, 0.2) is 30.8 Å². The van der Waals surface area contributed by atoms with Crippen molar-refractivity contribution in [2.75, 3.05) is 12.9 Å². The van der Waals surface area contributed by atoms with Gasteiger partial charge in [0.25, 0.3) is 17.7 Å². The van der Waals surface area contributed by atoms with Crippen LogP contribution in [0.4, 0.5) is 0 Å². The molecule has 16 heteroatoms. The summed E-state index contributed by atoms with van der Waals surface area (Å²) in [5, 5.41) is 26.4. The molecule has 0 aromatic carbocycles. The van der Waals surface area contributed by atoms with Gasteiger partial charge in [0.05, 0.1) is 6.42 Å². The number of pyridine rings is 1. The van der Waals surface area contributed by atoms with Crippen LogP contribution >= 0.6 is 11.8 Å². The Morgan fingerprint density at radius 1 is 1.27 bits per heavy atom. The summed E-state index contributed by atoms with van der Waals surface area (Å²) < 4.78 is 7.00.